The molecular weight excluding hydrogens is 318 g/mol. The third kappa shape index (κ3) is 3.28. The Hall–Kier alpha value is -2.67. The highest BCUT2D eigenvalue weighted by molar-refractivity contribution is 5.48. The van der Waals surface area contributed by atoms with Crippen LogP contribution in [0.3, 0.4) is 0 Å². The molecule has 1 N–H and O–H groups in total. The minimum Gasteiger partial charge on any atom is -0.497 e. The summed E-state index contributed by atoms with van der Waals surface area (Å²) >= 11 is 0. The van der Waals surface area contributed by atoms with Crippen LogP contribution >= 0.6 is 0 Å². The first-order chi connectivity index (χ1) is 12.2. The predicted octanol–water partition coefficient (Wildman–Crippen LogP) is 2.49. The maximum Gasteiger partial charge on any atom is 0.276 e. The Balaban J connectivity index is 1.52. The molecule has 0 amide bonds. The van der Waals surface area contributed by atoms with E-state index in [1.54, 1.807) is 11.8 Å². The van der Waals surface area contributed by atoms with E-state index >= 15 is 0 Å². The van der Waals surface area contributed by atoms with E-state index < -0.39 is 0 Å². The number of aryl methyl sites for hydroxylation is 1. The van der Waals surface area contributed by atoms with E-state index in [1.165, 1.54) is 6.42 Å². The lowest BCUT2D eigenvalue weighted by atomic mass is 10.1. The molecule has 1 aliphatic rings. The number of ether oxygens (including phenoxy) is 1. The normalized spacial score (nSPS) is 17.1. The van der Waals surface area contributed by atoms with Crippen molar-refractivity contribution in [1.29, 1.82) is 0 Å². The molecule has 2 aromatic heterocycles. The van der Waals surface area contributed by atoms with Crippen LogP contribution in [0.25, 0.3) is 11.6 Å². The molecule has 4 rings (SSSR count). The summed E-state index contributed by atoms with van der Waals surface area (Å²) in [6.45, 7) is 1.04. The summed E-state index contributed by atoms with van der Waals surface area (Å²) in [4.78, 5) is 4.53. The summed E-state index contributed by atoms with van der Waals surface area (Å²) in [6, 6.07) is 10.2. The van der Waals surface area contributed by atoms with Crippen LogP contribution in [0.1, 0.15) is 36.0 Å². The first-order valence-electron chi connectivity index (χ1n) is 8.46. The van der Waals surface area contributed by atoms with E-state index in [1.807, 2.05) is 37.4 Å². The molecule has 1 saturated heterocycles. The van der Waals surface area contributed by atoms with E-state index in [0.717, 1.165) is 35.7 Å². The highest BCUT2D eigenvalue weighted by atomic mass is 16.5. The summed E-state index contributed by atoms with van der Waals surface area (Å²) in [5.74, 6) is 1.99. The second-order valence-electron chi connectivity index (χ2n) is 6.27. The van der Waals surface area contributed by atoms with Gasteiger partial charge in [-0.05, 0) is 43.1 Å². The van der Waals surface area contributed by atoms with Gasteiger partial charge in [0.25, 0.3) is 5.89 Å². The Morgan fingerprint density at radius 3 is 2.88 bits per heavy atom. The number of benzene rings is 1. The molecule has 130 valence electrons. The molecular formula is C18H21N5O2. The molecule has 1 fully saturated rings. The molecule has 3 heterocycles. The third-order valence-corrected chi connectivity index (χ3v) is 4.52. The first kappa shape index (κ1) is 15.8. The lowest BCUT2D eigenvalue weighted by Gasteiger charge is -2.04. The summed E-state index contributed by atoms with van der Waals surface area (Å²) < 4.78 is 12.4. The van der Waals surface area contributed by atoms with Gasteiger partial charge in [-0.2, -0.15) is 10.1 Å². The lowest BCUT2D eigenvalue weighted by molar-refractivity contribution is 0.414. The number of hydrogen-bond donors (Lipinski definition) is 1. The number of aromatic nitrogens is 4. The van der Waals surface area contributed by atoms with Crippen molar-refractivity contribution in [1.82, 2.24) is 25.2 Å². The van der Waals surface area contributed by atoms with Crippen LogP contribution in [-0.4, -0.2) is 33.6 Å². The Morgan fingerprint density at radius 2 is 2.16 bits per heavy atom. The minimum absolute atomic E-state index is 0.321. The summed E-state index contributed by atoms with van der Waals surface area (Å²) in [6.07, 6.45) is 2.91. The van der Waals surface area contributed by atoms with Crippen LogP contribution in [0.2, 0.25) is 0 Å². The number of hydrogen-bond acceptors (Lipinski definition) is 6. The van der Waals surface area contributed by atoms with Crippen LogP contribution in [0.15, 0.2) is 34.9 Å². The fraction of sp³-hybridized carbons (Fsp3) is 0.389. The van der Waals surface area contributed by atoms with Crippen molar-refractivity contribution in [3.05, 3.63) is 47.4 Å². The largest absolute Gasteiger partial charge is 0.497 e. The standard InChI is InChI=1S/C18H21N5O2/c1-23-16(11-15(21-23)14-4-3-9-19-14)18-20-17(22-25-18)10-12-5-7-13(24-2)8-6-12/h5-8,11,14,19H,3-4,9-10H2,1-2H3. The van der Waals surface area contributed by atoms with E-state index in [-0.39, 0.29) is 0 Å². The number of nitrogens with zero attached hydrogens (tertiary/aromatic N) is 4. The molecule has 3 aromatic rings. The van der Waals surface area contributed by atoms with Crippen molar-refractivity contribution in [3.8, 4) is 17.3 Å². The third-order valence-electron chi connectivity index (χ3n) is 4.52. The Bertz CT molecular complexity index is 847. The molecule has 0 spiro atoms. The highest BCUT2D eigenvalue weighted by Gasteiger charge is 2.22. The summed E-state index contributed by atoms with van der Waals surface area (Å²) in [5.41, 5.74) is 2.98. The molecule has 1 unspecified atom stereocenters. The lowest BCUT2D eigenvalue weighted by Crippen LogP contribution is -2.13. The predicted molar refractivity (Wildman–Crippen MR) is 92.3 cm³/mol. The van der Waals surface area contributed by atoms with Gasteiger partial charge in [0.05, 0.1) is 18.8 Å². The Labute approximate surface area is 146 Å². The van der Waals surface area contributed by atoms with Crippen molar-refractivity contribution in [2.75, 3.05) is 13.7 Å². The zero-order valence-electron chi connectivity index (χ0n) is 14.4. The fourth-order valence-electron chi connectivity index (χ4n) is 3.15. The van der Waals surface area contributed by atoms with Crippen molar-refractivity contribution in [3.63, 3.8) is 0 Å². The first-order valence-corrected chi connectivity index (χ1v) is 8.46. The number of rotatable bonds is 5. The van der Waals surface area contributed by atoms with Crippen molar-refractivity contribution < 1.29 is 9.26 Å². The van der Waals surface area contributed by atoms with Gasteiger partial charge in [-0.25, -0.2) is 0 Å². The molecule has 25 heavy (non-hydrogen) atoms. The van der Waals surface area contributed by atoms with E-state index in [9.17, 15) is 0 Å². The van der Waals surface area contributed by atoms with Gasteiger partial charge in [-0.15, -0.1) is 0 Å². The van der Waals surface area contributed by atoms with E-state index in [0.29, 0.717) is 24.2 Å². The monoisotopic (exact) mass is 339 g/mol. The quantitative estimate of drug-likeness (QED) is 0.769. The molecule has 1 atom stereocenters. The Morgan fingerprint density at radius 1 is 1.32 bits per heavy atom. The fourth-order valence-corrected chi connectivity index (χ4v) is 3.15. The summed E-state index contributed by atoms with van der Waals surface area (Å²) in [5, 5.41) is 12.2. The van der Waals surface area contributed by atoms with E-state index in [4.69, 9.17) is 9.26 Å². The van der Waals surface area contributed by atoms with E-state index in [2.05, 4.69) is 20.6 Å². The van der Waals surface area contributed by atoms with Crippen LogP contribution < -0.4 is 10.1 Å². The van der Waals surface area contributed by atoms with Gasteiger partial charge in [0.2, 0.25) is 0 Å². The van der Waals surface area contributed by atoms with Gasteiger partial charge in [0, 0.05) is 13.5 Å². The molecule has 1 aromatic carbocycles. The smallest absolute Gasteiger partial charge is 0.276 e. The van der Waals surface area contributed by atoms with Gasteiger partial charge in [0.1, 0.15) is 11.4 Å². The van der Waals surface area contributed by atoms with Crippen molar-refractivity contribution in [2.45, 2.75) is 25.3 Å². The van der Waals surface area contributed by atoms with Gasteiger partial charge in [-0.1, -0.05) is 17.3 Å². The van der Waals surface area contributed by atoms with Gasteiger partial charge >= 0.3 is 0 Å². The molecule has 1 aliphatic heterocycles. The van der Waals surface area contributed by atoms with Crippen LogP contribution in [0.4, 0.5) is 0 Å². The second kappa shape index (κ2) is 6.68. The number of nitrogens with one attached hydrogen (secondary N) is 1. The van der Waals surface area contributed by atoms with Crippen LogP contribution in [0.5, 0.6) is 5.75 Å². The molecule has 7 heteroatoms. The second-order valence-corrected chi connectivity index (χ2v) is 6.27. The van der Waals surface area contributed by atoms with Gasteiger partial charge < -0.3 is 14.6 Å². The molecule has 0 radical (unpaired) electrons. The average molecular weight is 339 g/mol. The molecule has 7 nitrogen and oxygen atoms in total. The highest BCUT2D eigenvalue weighted by Crippen LogP contribution is 2.26. The van der Waals surface area contributed by atoms with Crippen LogP contribution in [-0.2, 0) is 13.5 Å². The molecule has 0 bridgehead atoms. The zero-order valence-corrected chi connectivity index (χ0v) is 14.4. The SMILES string of the molecule is COc1ccc(Cc2noc(-c3cc(C4CCCN4)nn3C)n2)cc1. The van der Waals surface area contributed by atoms with Crippen LogP contribution in [0, 0.1) is 0 Å². The maximum atomic E-state index is 5.46. The van der Waals surface area contributed by atoms with Gasteiger partial charge in [0.15, 0.2) is 5.82 Å². The maximum absolute atomic E-state index is 5.46. The number of methoxy groups -OCH3 is 1. The molecule has 0 saturated carbocycles. The minimum atomic E-state index is 0.321. The van der Waals surface area contributed by atoms with Crippen molar-refractivity contribution in [2.24, 2.45) is 7.05 Å². The van der Waals surface area contributed by atoms with Gasteiger partial charge in [-0.3, -0.25) is 4.68 Å². The average Bonchev–Trinajstić information content (AvgIpc) is 3.36. The molecule has 0 aliphatic carbocycles. The zero-order chi connectivity index (χ0) is 17.2. The Kier molecular flexibility index (Phi) is 4.23. The topological polar surface area (TPSA) is 78.0 Å². The van der Waals surface area contributed by atoms with Crippen molar-refractivity contribution >= 4 is 0 Å². The summed E-state index contributed by atoms with van der Waals surface area (Å²) in [7, 11) is 3.56.